The summed E-state index contributed by atoms with van der Waals surface area (Å²) in [5.41, 5.74) is 4.72. The molecule has 2 nitrogen and oxygen atoms in total. The zero-order chi connectivity index (χ0) is 21.1. The van der Waals surface area contributed by atoms with Crippen molar-refractivity contribution in [2.24, 2.45) is 0 Å². The zero-order valence-electron chi connectivity index (χ0n) is 20.2. The first-order chi connectivity index (χ1) is 12.1. The second-order valence-electron chi connectivity index (χ2n) is 11.1. The van der Waals surface area contributed by atoms with Crippen molar-refractivity contribution >= 4 is 8.24 Å². The number of ether oxygens (including phenoxy) is 1. The average molecular weight is 394 g/mol. The smallest absolute Gasteiger partial charge is 0.136 e. The van der Waals surface area contributed by atoms with Gasteiger partial charge in [-0.2, -0.15) is 0 Å². The molecule has 0 aromatic rings. The summed E-state index contributed by atoms with van der Waals surface area (Å²) in [6.45, 7) is 26.3. The van der Waals surface area contributed by atoms with E-state index in [1.54, 1.807) is 5.57 Å². The maximum atomic E-state index is 5.86. The molecule has 2 unspecified atom stereocenters. The second-order valence-corrected chi connectivity index (χ2v) is 15.6. The van der Waals surface area contributed by atoms with Crippen LogP contribution >= 0.6 is 0 Å². The fraction of sp³-hybridized carbons (Fsp3) is 0.833. The minimum absolute atomic E-state index is 0.00883. The summed E-state index contributed by atoms with van der Waals surface area (Å²) >= 11 is 0. The van der Waals surface area contributed by atoms with Crippen LogP contribution in [0.25, 0.3) is 0 Å². The number of hydrogen-bond acceptors (Lipinski definition) is 2. The molecule has 0 aromatic carbocycles. The SMILES string of the molecule is CC1=CC(C)([Si](C)(CCCCCCOC(C)(C)C)NC(C)(C)C)C(C)=C1C. The van der Waals surface area contributed by atoms with Crippen LogP contribution in [-0.4, -0.2) is 26.0 Å². The quantitative estimate of drug-likeness (QED) is 0.326. The van der Waals surface area contributed by atoms with Crippen LogP contribution in [0.5, 0.6) is 0 Å². The van der Waals surface area contributed by atoms with Gasteiger partial charge in [-0.3, -0.25) is 0 Å². The van der Waals surface area contributed by atoms with Crippen molar-refractivity contribution in [3.8, 4) is 0 Å². The predicted octanol–water partition coefficient (Wildman–Crippen LogP) is 7.38. The van der Waals surface area contributed by atoms with Crippen molar-refractivity contribution in [3.05, 3.63) is 22.8 Å². The lowest BCUT2D eigenvalue weighted by Gasteiger charge is -2.47. The molecule has 1 rings (SSSR count). The molecular formula is C24H47NOSi. The van der Waals surface area contributed by atoms with E-state index in [1.165, 1.54) is 42.9 Å². The lowest BCUT2D eigenvalue weighted by atomic mass is 10.0. The molecule has 0 saturated heterocycles. The summed E-state index contributed by atoms with van der Waals surface area (Å²) in [6, 6.07) is 1.33. The van der Waals surface area contributed by atoms with Gasteiger partial charge in [0.1, 0.15) is 8.24 Å². The minimum Gasteiger partial charge on any atom is -0.376 e. The van der Waals surface area contributed by atoms with E-state index in [0.717, 1.165) is 6.61 Å². The highest BCUT2D eigenvalue weighted by Gasteiger charge is 2.50. The van der Waals surface area contributed by atoms with E-state index in [4.69, 9.17) is 4.74 Å². The van der Waals surface area contributed by atoms with Gasteiger partial charge in [0, 0.05) is 17.2 Å². The number of unbranched alkanes of at least 4 members (excludes halogenated alkanes) is 3. The Kier molecular flexibility index (Phi) is 8.18. The Bertz CT molecular complexity index is 564. The van der Waals surface area contributed by atoms with Gasteiger partial charge in [0.15, 0.2) is 0 Å². The molecule has 1 aliphatic rings. The van der Waals surface area contributed by atoms with Gasteiger partial charge in [0.05, 0.1) is 5.60 Å². The predicted molar refractivity (Wildman–Crippen MR) is 124 cm³/mol. The van der Waals surface area contributed by atoms with Crippen molar-refractivity contribution < 1.29 is 4.74 Å². The van der Waals surface area contributed by atoms with Crippen molar-refractivity contribution in [2.75, 3.05) is 6.61 Å². The molecule has 1 aliphatic carbocycles. The third kappa shape index (κ3) is 6.87. The standard InChI is InChI=1S/C24H47NOSi/c1-19-18-24(10,21(3)20(19)2)27(11,25-22(4,5)6)17-15-13-12-14-16-26-23(7,8)9/h18,25H,12-17H2,1-11H3. The third-order valence-corrected chi connectivity index (χ3v) is 11.8. The van der Waals surface area contributed by atoms with E-state index < -0.39 is 8.24 Å². The molecule has 0 bridgehead atoms. The zero-order valence-corrected chi connectivity index (χ0v) is 21.2. The molecule has 0 fully saturated rings. The van der Waals surface area contributed by atoms with Crippen LogP contribution in [0.15, 0.2) is 22.8 Å². The Balaban J connectivity index is 2.74. The highest BCUT2D eigenvalue weighted by atomic mass is 28.3. The summed E-state index contributed by atoms with van der Waals surface area (Å²) < 4.78 is 5.86. The fourth-order valence-electron chi connectivity index (χ4n) is 4.50. The summed E-state index contributed by atoms with van der Waals surface area (Å²) in [4.78, 5) is 4.14. The lowest BCUT2D eigenvalue weighted by Crippen LogP contribution is -2.62. The highest BCUT2D eigenvalue weighted by Crippen LogP contribution is 2.54. The van der Waals surface area contributed by atoms with Crippen molar-refractivity contribution in [2.45, 2.75) is 124 Å². The van der Waals surface area contributed by atoms with Crippen LogP contribution < -0.4 is 4.98 Å². The third-order valence-electron chi connectivity index (χ3n) is 6.34. The first kappa shape index (κ1) is 24.7. The van der Waals surface area contributed by atoms with Crippen molar-refractivity contribution in [3.63, 3.8) is 0 Å². The topological polar surface area (TPSA) is 21.3 Å². The molecule has 0 spiro atoms. The number of rotatable bonds is 9. The van der Waals surface area contributed by atoms with Crippen LogP contribution in [0.3, 0.4) is 0 Å². The maximum absolute atomic E-state index is 5.86. The van der Waals surface area contributed by atoms with Crippen LogP contribution in [0.1, 0.15) is 94.9 Å². The minimum atomic E-state index is -1.74. The van der Waals surface area contributed by atoms with E-state index >= 15 is 0 Å². The molecule has 0 heterocycles. The van der Waals surface area contributed by atoms with E-state index in [0.29, 0.717) is 0 Å². The normalized spacial score (nSPS) is 23.6. The summed E-state index contributed by atoms with van der Waals surface area (Å²) in [5.74, 6) is 0. The molecule has 0 saturated carbocycles. The monoisotopic (exact) mass is 393 g/mol. The van der Waals surface area contributed by atoms with Crippen LogP contribution in [0, 0.1) is 0 Å². The van der Waals surface area contributed by atoms with E-state index in [2.05, 4.69) is 86.8 Å². The van der Waals surface area contributed by atoms with E-state index in [9.17, 15) is 0 Å². The Morgan fingerprint density at radius 1 is 0.963 bits per heavy atom. The molecule has 2 atom stereocenters. The van der Waals surface area contributed by atoms with Gasteiger partial charge in [0.2, 0.25) is 0 Å². The van der Waals surface area contributed by atoms with Crippen LogP contribution in [-0.2, 0) is 4.74 Å². The number of hydrogen-bond donors (Lipinski definition) is 1. The van der Waals surface area contributed by atoms with Crippen LogP contribution in [0.4, 0.5) is 0 Å². The second kappa shape index (κ2) is 8.96. The Labute approximate surface area is 171 Å². The lowest BCUT2D eigenvalue weighted by molar-refractivity contribution is -0.00471. The van der Waals surface area contributed by atoms with Gasteiger partial charge < -0.3 is 9.72 Å². The van der Waals surface area contributed by atoms with Gasteiger partial charge in [-0.15, -0.1) is 0 Å². The van der Waals surface area contributed by atoms with E-state index in [1.807, 2.05) is 0 Å². The van der Waals surface area contributed by atoms with Crippen LogP contribution in [0.2, 0.25) is 17.6 Å². The van der Waals surface area contributed by atoms with Gasteiger partial charge in [-0.25, -0.2) is 0 Å². The Morgan fingerprint density at radius 3 is 1.96 bits per heavy atom. The maximum Gasteiger partial charge on any atom is 0.136 e. The van der Waals surface area contributed by atoms with Gasteiger partial charge in [0.25, 0.3) is 0 Å². The molecule has 27 heavy (non-hydrogen) atoms. The highest BCUT2D eigenvalue weighted by molar-refractivity contribution is 6.80. The van der Waals surface area contributed by atoms with E-state index in [-0.39, 0.29) is 16.2 Å². The molecule has 158 valence electrons. The first-order valence-corrected chi connectivity index (χ1v) is 13.6. The number of allylic oxidation sites excluding steroid dienone is 4. The molecule has 0 aromatic heterocycles. The average Bonchev–Trinajstić information content (AvgIpc) is 2.68. The molecule has 0 aliphatic heterocycles. The molecule has 0 radical (unpaired) electrons. The first-order valence-electron chi connectivity index (χ1n) is 10.9. The summed E-state index contributed by atoms with van der Waals surface area (Å²) in [5, 5.41) is 0.212. The molecular weight excluding hydrogens is 346 g/mol. The van der Waals surface area contributed by atoms with Gasteiger partial charge in [-0.05, 0) is 80.4 Å². The molecule has 0 amide bonds. The fourth-order valence-corrected chi connectivity index (χ4v) is 9.57. The largest absolute Gasteiger partial charge is 0.376 e. The van der Waals surface area contributed by atoms with Gasteiger partial charge in [-0.1, -0.05) is 50.0 Å². The number of nitrogens with one attached hydrogen (secondary N) is 1. The van der Waals surface area contributed by atoms with Crippen molar-refractivity contribution in [1.82, 2.24) is 4.98 Å². The van der Waals surface area contributed by atoms with Gasteiger partial charge >= 0.3 is 0 Å². The molecule has 1 N–H and O–H groups in total. The molecule has 3 heteroatoms. The Hall–Kier alpha value is -0.383. The summed E-state index contributed by atoms with van der Waals surface area (Å²) in [7, 11) is -1.74. The summed E-state index contributed by atoms with van der Waals surface area (Å²) in [6.07, 6.45) is 7.64. The van der Waals surface area contributed by atoms with Crippen molar-refractivity contribution in [1.29, 1.82) is 0 Å². The Morgan fingerprint density at radius 2 is 1.52 bits per heavy atom.